The molecule has 2 rings (SSSR count). The Kier molecular flexibility index (Phi) is 2.49. The summed E-state index contributed by atoms with van der Waals surface area (Å²) in [6.07, 6.45) is 3.35. The van der Waals surface area contributed by atoms with Crippen molar-refractivity contribution in [1.82, 2.24) is 4.98 Å². The highest BCUT2D eigenvalue weighted by Gasteiger charge is 2.24. The molecule has 0 amide bonds. The van der Waals surface area contributed by atoms with Gasteiger partial charge in [0, 0.05) is 23.7 Å². The van der Waals surface area contributed by atoms with E-state index in [0.717, 1.165) is 10.6 Å². The summed E-state index contributed by atoms with van der Waals surface area (Å²) >= 11 is 1.47. The van der Waals surface area contributed by atoms with Gasteiger partial charge in [-0.3, -0.25) is 9.98 Å². The molecule has 0 fully saturated rings. The normalized spacial score (nSPS) is 20.6. The lowest BCUT2D eigenvalue weighted by Gasteiger charge is -1.96. The smallest absolute Gasteiger partial charge is 0.329 e. The molecule has 1 aromatic heterocycles. The summed E-state index contributed by atoms with van der Waals surface area (Å²) in [7, 11) is 0. The highest BCUT2D eigenvalue weighted by atomic mass is 32.2. The number of thioether (sulfide) groups is 1. The van der Waals surface area contributed by atoms with Crippen molar-refractivity contribution >= 4 is 22.8 Å². The molecular formula is C9H8N2O2S. The number of carbonyl (C=O) groups is 1. The Morgan fingerprint density at radius 2 is 2.21 bits per heavy atom. The maximum Gasteiger partial charge on any atom is 0.329 e. The van der Waals surface area contributed by atoms with Gasteiger partial charge in [0.25, 0.3) is 0 Å². The zero-order chi connectivity index (χ0) is 9.97. The summed E-state index contributed by atoms with van der Waals surface area (Å²) in [6, 6.07) is 3.06. The summed E-state index contributed by atoms with van der Waals surface area (Å²) in [5.41, 5.74) is 0.939. The van der Waals surface area contributed by atoms with Crippen LogP contribution in [0.25, 0.3) is 0 Å². The molecule has 1 aromatic rings. The van der Waals surface area contributed by atoms with Crippen LogP contribution < -0.4 is 0 Å². The summed E-state index contributed by atoms with van der Waals surface area (Å²) < 4.78 is 0. The first-order valence-electron chi connectivity index (χ1n) is 4.11. The quantitative estimate of drug-likeness (QED) is 0.788. The highest BCUT2D eigenvalue weighted by molar-refractivity contribution is 8.14. The molecule has 0 aliphatic carbocycles. The van der Waals surface area contributed by atoms with Crippen LogP contribution in [0.5, 0.6) is 0 Å². The van der Waals surface area contributed by atoms with Crippen LogP contribution in [0.1, 0.15) is 5.56 Å². The Morgan fingerprint density at radius 3 is 2.79 bits per heavy atom. The van der Waals surface area contributed by atoms with Crippen molar-refractivity contribution in [2.75, 3.05) is 5.75 Å². The molecule has 5 heteroatoms. The Labute approximate surface area is 85.1 Å². The summed E-state index contributed by atoms with van der Waals surface area (Å²) in [6.45, 7) is 0. The number of pyridine rings is 1. The van der Waals surface area contributed by atoms with E-state index in [1.165, 1.54) is 11.8 Å². The van der Waals surface area contributed by atoms with Gasteiger partial charge in [0.2, 0.25) is 0 Å². The number of aliphatic carboxylic acids is 1. The minimum atomic E-state index is -0.860. The molecule has 0 radical (unpaired) electrons. The second-order valence-electron chi connectivity index (χ2n) is 2.84. The van der Waals surface area contributed by atoms with E-state index in [4.69, 9.17) is 5.11 Å². The molecule has 1 N–H and O–H groups in total. The number of aromatic nitrogens is 1. The molecule has 1 aliphatic heterocycles. The Bertz CT molecular complexity index is 378. The van der Waals surface area contributed by atoms with Crippen molar-refractivity contribution in [2.24, 2.45) is 4.99 Å². The first-order valence-corrected chi connectivity index (χ1v) is 5.10. The summed E-state index contributed by atoms with van der Waals surface area (Å²) in [5.74, 6) is -0.339. The lowest BCUT2D eigenvalue weighted by atomic mass is 10.3. The average Bonchev–Trinajstić information content (AvgIpc) is 2.68. The van der Waals surface area contributed by atoms with Crippen molar-refractivity contribution in [3.05, 3.63) is 30.1 Å². The van der Waals surface area contributed by atoms with Gasteiger partial charge in [0.15, 0.2) is 6.04 Å². The van der Waals surface area contributed by atoms with E-state index < -0.39 is 12.0 Å². The fraction of sp³-hybridized carbons (Fsp3) is 0.222. The molecule has 2 heterocycles. The monoisotopic (exact) mass is 208 g/mol. The van der Waals surface area contributed by atoms with Crippen molar-refractivity contribution < 1.29 is 9.90 Å². The molecule has 4 nitrogen and oxygen atoms in total. The number of nitrogens with zero attached hydrogens (tertiary/aromatic N) is 2. The maximum absolute atomic E-state index is 10.6. The van der Waals surface area contributed by atoms with Crippen LogP contribution in [0.3, 0.4) is 0 Å². The largest absolute Gasteiger partial charge is 0.480 e. The van der Waals surface area contributed by atoms with Crippen LogP contribution in [-0.4, -0.2) is 32.9 Å². The number of carboxylic acid groups (broad SMARTS) is 1. The fourth-order valence-corrected chi connectivity index (χ4v) is 2.19. The minimum Gasteiger partial charge on any atom is -0.480 e. The molecule has 72 valence electrons. The van der Waals surface area contributed by atoms with Crippen LogP contribution in [0.2, 0.25) is 0 Å². The molecule has 0 unspecified atom stereocenters. The van der Waals surface area contributed by atoms with E-state index >= 15 is 0 Å². The number of carboxylic acids is 1. The third-order valence-corrected chi connectivity index (χ3v) is 2.96. The third kappa shape index (κ3) is 1.77. The lowest BCUT2D eigenvalue weighted by molar-refractivity contribution is -0.137. The maximum atomic E-state index is 10.6. The molecule has 0 spiro atoms. The Morgan fingerprint density at radius 1 is 1.50 bits per heavy atom. The van der Waals surface area contributed by atoms with Crippen LogP contribution in [-0.2, 0) is 4.79 Å². The molecule has 0 bridgehead atoms. The van der Waals surface area contributed by atoms with Crippen LogP contribution in [0.4, 0.5) is 0 Å². The van der Waals surface area contributed by atoms with E-state index in [1.807, 2.05) is 12.1 Å². The second-order valence-corrected chi connectivity index (χ2v) is 3.84. The number of rotatable bonds is 2. The van der Waals surface area contributed by atoms with Gasteiger partial charge in [-0.05, 0) is 12.1 Å². The fourth-order valence-electron chi connectivity index (χ4n) is 1.15. The van der Waals surface area contributed by atoms with Crippen molar-refractivity contribution in [3.8, 4) is 0 Å². The Hall–Kier alpha value is -1.36. The molecule has 0 saturated heterocycles. The highest BCUT2D eigenvalue weighted by Crippen LogP contribution is 2.22. The lowest BCUT2D eigenvalue weighted by Crippen LogP contribution is -2.17. The summed E-state index contributed by atoms with van der Waals surface area (Å²) in [4.78, 5) is 18.6. The van der Waals surface area contributed by atoms with E-state index in [-0.39, 0.29) is 0 Å². The predicted octanol–water partition coefficient (Wildman–Crippen LogP) is 1.03. The number of hydrogen-bond donors (Lipinski definition) is 1. The van der Waals surface area contributed by atoms with Crippen LogP contribution in [0.15, 0.2) is 29.5 Å². The molecule has 1 aliphatic rings. The first-order chi connectivity index (χ1) is 6.77. The van der Waals surface area contributed by atoms with Gasteiger partial charge in [-0.25, -0.2) is 4.79 Å². The molecule has 1 atom stereocenters. The van der Waals surface area contributed by atoms with Crippen molar-refractivity contribution in [1.29, 1.82) is 0 Å². The Balaban J connectivity index is 2.22. The van der Waals surface area contributed by atoms with E-state index in [0.29, 0.717) is 5.75 Å². The van der Waals surface area contributed by atoms with Crippen LogP contribution in [0, 0.1) is 0 Å². The molecule has 14 heavy (non-hydrogen) atoms. The van der Waals surface area contributed by atoms with Gasteiger partial charge in [0.05, 0.1) is 5.04 Å². The van der Waals surface area contributed by atoms with E-state index in [2.05, 4.69) is 9.98 Å². The van der Waals surface area contributed by atoms with Gasteiger partial charge in [-0.15, -0.1) is 11.8 Å². The van der Waals surface area contributed by atoms with Gasteiger partial charge in [-0.1, -0.05) is 0 Å². The van der Waals surface area contributed by atoms with Gasteiger partial charge in [0.1, 0.15) is 0 Å². The predicted molar refractivity (Wildman–Crippen MR) is 54.7 cm³/mol. The molecule has 0 saturated carbocycles. The zero-order valence-electron chi connectivity index (χ0n) is 7.25. The van der Waals surface area contributed by atoms with E-state index in [1.54, 1.807) is 12.4 Å². The topological polar surface area (TPSA) is 62.5 Å². The number of aliphatic imine (C=N–C) groups is 1. The standard InChI is InChI=1S/C9H8N2O2S/c12-9(13)7-5-14-8(11-7)6-1-3-10-4-2-6/h1-4,7H,5H2,(H,12,13)/t7-/m0/s1. The third-order valence-electron chi connectivity index (χ3n) is 1.86. The van der Waals surface area contributed by atoms with Gasteiger partial charge >= 0.3 is 5.97 Å². The van der Waals surface area contributed by atoms with Crippen molar-refractivity contribution in [3.63, 3.8) is 0 Å². The SMILES string of the molecule is O=C(O)[C@@H]1CSC(c2ccncc2)=N1. The van der Waals surface area contributed by atoms with Gasteiger partial charge in [-0.2, -0.15) is 0 Å². The second kappa shape index (κ2) is 3.79. The van der Waals surface area contributed by atoms with Gasteiger partial charge < -0.3 is 5.11 Å². The molecule has 0 aromatic carbocycles. The van der Waals surface area contributed by atoms with E-state index in [9.17, 15) is 4.79 Å². The zero-order valence-corrected chi connectivity index (χ0v) is 8.07. The summed E-state index contributed by atoms with van der Waals surface area (Å²) in [5, 5.41) is 9.54. The number of hydrogen-bond acceptors (Lipinski definition) is 4. The van der Waals surface area contributed by atoms with Crippen molar-refractivity contribution in [2.45, 2.75) is 6.04 Å². The van der Waals surface area contributed by atoms with Crippen LogP contribution >= 0.6 is 11.8 Å². The molecular weight excluding hydrogens is 200 g/mol. The minimum absolute atomic E-state index is 0.521. The average molecular weight is 208 g/mol. The first kappa shape index (κ1) is 9.21.